The summed E-state index contributed by atoms with van der Waals surface area (Å²) >= 11 is 0. The number of aromatic nitrogens is 1. The highest BCUT2D eigenvalue weighted by Crippen LogP contribution is 2.23. The first-order valence-corrected chi connectivity index (χ1v) is 9.18. The van der Waals surface area contributed by atoms with E-state index in [2.05, 4.69) is 33.0 Å². The Bertz CT molecular complexity index is 739. The van der Waals surface area contributed by atoms with Crippen LogP contribution in [0.4, 0.5) is 0 Å². The third-order valence-corrected chi connectivity index (χ3v) is 5.14. The van der Waals surface area contributed by atoms with Gasteiger partial charge in [-0.2, -0.15) is 0 Å². The van der Waals surface area contributed by atoms with Gasteiger partial charge in [-0.15, -0.1) is 0 Å². The number of hydrogen-bond acceptors (Lipinski definition) is 6. The lowest BCUT2D eigenvalue weighted by Crippen LogP contribution is -2.53. The quantitative estimate of drug-likeness (QED) is 0.860. The standard InChI is InChI=1S/C19H25N5O2/c1-14-11-16(26-22-14)13-23-7-9-24(10-8-23)19(25)18-12-17(20-21-18)15-5-3-2-4-6-15/h2-6,11,17-18,20-21H,7-10,12-13H2,1H3. The molecular weight excluding hydrogens is 330 g/mol. The van der Waals surface area contributed by atoms with Gasteiger partial charge in [0, 0.05) is 38.3 Å². The van der Waals surface area contributed by atoms with Crippen molar-refractivity contribution < 1.29 is 9.32 Å². The van der Waals surface area contributed by atoms with Gasteiger partial charge in [-0.1, -0.05) is 35.5 Å². The van der Waals surface area contributed by atoms with Gasteiger partial charge in [0.1, 0.15) is 6.04 Å². The number of piperazine rings is 1. The Morgan fingerprint density at radius 2 is 1.96 bits per heavy atom. The average molecular weight is 355 g/mol. The van der Waals surface area contributed by atoms with Gasteiger partial charge >= 0.3 is 0 Å². The summed E-state index contributed by atoms with van der Waals surface area (Å²) in [7, 11) is 0. The number of carbonyl (C=O) groups excluding carboxylic acids is 1. The minimum atomic E-state index is -0.163. The van der Waals surface area contributed by atoms with E-state index < -0.39 is 0 Å². The molecule has 4 rings (SSSR count). The molecule has 1 aromatic carbocycles. The fourth-order valence-corrected chi connectivity index (χ4v) is 3.68. The Labute approximate surface area is 153 Å². The number of hydrogen-bond donors (Lipinski definition) is 2. The lowest BCUT2D eigenvalue weighted by Gasteiger charge is -2.35. The molecule has 2 fully saturated rings. The summed E-state index contributed by atoms with van der Waals surface area (Å²) in [6.07, 6.45) is 0.778. The van der Waals surface area contributed by atoms with Crippen LogP contribution in [0.15, 0.2) is 40.9 Å². The summed E-state index contributed by atoms with van der Waals surface area (Å²) in [4.78, 5) is 17.1. The van der Waals surface area contributed by atoms with Crippen molar-refractivity contribution in [2.24, 2.45) is 0 Å². The predicted molar refractivity (Wildman–Crippen MR) is 97.0 cm³/mol. The number of rotatable bonds is 4. The van der Waals surface area contributed by atoms with Crippen LogP contribution in [-0.4, -0.2) is 53.1 Å². The van der Waals surface area contributed by atoms with E-state index >= 15 is 0 Å². The first kappa shape index (κ1) is 17.2. The Morgan fingerprint density at radius 1 is 1.19 bits per heavy atom. The molecule has 0 saturated carbocycles. The molecule has 0 radical (unpaired) electrons. The van der Waals surface area contributed by atoms with Crippen LogP contribution in [0.5, 0.6) is 0 Å². The Kier molecular flexibility index (Phi) is 5.01. The summed E-state index contributed by atoms with van der Waals surface area (Å²) in [6.45, 7) is 5.89. The zero-order valence-corrected chi connectivity index (χ0v) is 15.0. The Hall–Kier alpha value is -2.22. The van der Waals surface area contributed by atoms with Crippen LogP contribution < -0.4 is 10.9 Å². The molecule has 1 aromatic heterocycles. The smallest absolute Gasteiger partial charge is 0.241 e. The monoisotopic (exact) mass is 355 g/mol. The fraction of sp³-hybridized carbons (Fsp3) is 0.474. The van der Waals surface area contributed by atoms with E-state index in [1.54, 1.807) is 0 Å². The third kappa shape index (κ3) is 3.80. The van der Waals surface area contributed by atoms with E-state index in [4.69, 9.17) is 4.52 Å². The van der Waals surface area contributed by atoms with E-state index in [-0.39, 0.29) is 18.0 Å². The van der Waals surface area contributed by atoms with Gasteiger partial charge in [0.15, 0.2) is 5.76 Å². The molecule has 2 atom stereocenters. The summed E-state index contributed by atoms with van der Waals surface area (Å²) in [5.41, 5.74) is 8.55. The van der Waals surface area contributed by atoms with Crippen molar-refractivity contribution in [1.29, 1.82) is 0 Å². The fourth-order valence-electron chi connectivity index (χ4n) is 3.68. The van der Waals surface area contributed by atoms with Gasteiger partial charge < -0.3 is 9.42 Å². The van der Waals surface area contributed by atoms with Crippen molar-refractivity contribution in [2.45, 2.75) is 32.0 Å². The molecule has 2 aromatic rings. The maximum atomic E-state index is 12.8. The topological polar surface area (TPSA) is 73.6 Å². The molecule has 0 aliphatic carbocycles. The van der Waals surface area contributed by atoms with Crippen molar-refractivity contribution >= 4 is 5.91 Å². The minimum Gasteiger partial charge on any atom is -0.360 e. The summed E-state index contributed by atoms with van der Waals surface area (Å²) in [6, 6.07) is 12.2. The number of nitrogens with one attached hydrogen (secondary N) is 2. The molecule has 2 aliphatic heterocycles. The number of hydrazine groups is 1. The number of benzene rings is 1. The number of aryl methyl sites for hydroxylation is 1. The highest BCUT2D eigenvalue weighted by atomic mass is 16.5. The molecule has 2 unspecified atom stereocenters. The van der Waals surface area contributed by atoms with E-state index in [0.29, 0.717) is 0 Å². The van der Waals surface area contributed by atoms with Gasteiger partial charge in [-0.3, -0.25) is 9.69 Å². The molecule has 2 aliphatic rings. The maximum absolute atomic E-state index is 12.8. The van der Waals surface area contributed by atoms with Gasteiger partial charge in [-0.25, -0.2) is 10.9 Å². The van der Waals surface area contributed by atoms with Crippen LogP contribution in [0.25, 0.3) is 0 Å². The first-order valence-electron chi connectivity index (χ1n) is 9.18. The predicted octanol–water partition coefficient (Wildman–Crippen LogP) is 1.24. The molecule has 7 heteroatoms. The molecule has 26 heavy (non-hydrogen) atoms. The van der Waals surface area contributed by atoms with E-state index in [1.807, 2.05) is 36.1 Å². The van der Waals surface area contributed by atoms with Crippen LogP contribution in [0.3, 0.4) is 0 Å². The highest BCUT2D eigenvalue weighted by molar-refractivity contribution is 5.82. The largest absolute Gasteiger partial charge is 0.360 e. The van der Waals surface area contributed by atoms with Crippen molar-refractivity contribution in [2.75, 3.05) is 26.2 Å². The summed E-state index contributed by atoms with van der Waals surface area (Å²) in [5, 5.41) is 3.93. The second kappa shape index (κ2) is 7.57. The second-order valence-electron chi connectivity index (χ2n) is 7.08. The van der Waals surface area contributed by atoms with Crippen molar-refractivity contribution in [3.63, 3.8) is 0 Å². The first-order chi connectivity index (χ1) is 12.7. The second-order valence-corrected chi connectivity index (χ2v) is 7.08. The van der Waals surface area contributed by atoms with Gasteiger partial charge in [0.2, 0.25) is 5.91 Å². The molecule has 3 heterocycles. The van der Waals surface area contributed by atoms with Crippen LogP contribution in [0, 0.1) is 6.92 Å². The van der Waals surface area contributed by atoms with E-state index in [0.717, 1.165) is 50.6 Å². The molecule has 2 N–H and O–H groups in total. The van der Waals surface area contributed by atoms with Gasteiger partial charge in [0.05, 0.1) is 12.2 Å². The Balaban J connectivity index is 1.27. The van der Waals surface area contributed by atoms with Crippen LogP contribution in [0.2, 0.25) is 0 Å². The molecule has 138 valence electrons. The summed E-state index contributed by atoms with van der Waals surface area (Å²) in [5.74, 6) is 1.07. The van der Waals surface area contributed by atoms with Gasteiger partial charge in [-0.05, 0) is 18.9 Å². The minimum absolute atomic E-state index is 0.163. The zero-order valence-electron chi connectivity index (χ0n) is 15.0. The Morgan fingerprint density at radius 3 is 2.65 bits per heavy atom. The van der Waals surface area contributed by atoms with Crippen LogP contribution in [0.1, 0.15) is 29.5 Å². The number of nitrogens with zero attached hydrogens (tertiary/aromatic N) is 3. The molecule has 0 spiro atoms. The lowest BCUT2D eigenvalue weighted by molar-refractivity contribution is -0.135. The van der Waals surface area contributed by atoms with E-state index in [9.17, 15) is 4.79 Å². The number of carbonyl (C=O) groups is 1. The van der Waals surface area contributed by atoms with Gasteiger partial charge in [0.25, 0.3) is 0 Å². The van der Waals surface area contributed by atoms with Crippen molar-refractivity contribution in [3.8, 4) is 0 Å². The molecule has 2 saturated heterocycles. The summed E-state index contributed by atoms with van der Waals surface area (Å²) < 4.78 is 5.29. The molecule has 0 bridgehead atoms. The van der Waals surface area contributed by atoms with Crippen LogP contribution in [-0.2, 0) is 11.3 Å². The average Bonchev–Trinajstić information content (AvgIpc) is 3.32. The molecule has 1 amide bonds. The zero-order chi connectivity index (χ0) is 17.9. The SMILES string of the molecule is Cc1cc(CN2CCN(C(=O)C3CC(c4ccccc4)NN3)CC2)on1. The van der Waals surface area contributed by atoms with Crippen LogP contribution >= 0.6 is 0 Å². The normalized spacial score (nSPS) is 24.1. The number of amides is 1. The van der Waals surface area contributed by atoms with E-state index in [1.165, 1.54) is 5.56 Å². The highest BCUT2D eigenvalue weighted by Gasteiger charge is 2.34. The third-order valence-electron chi connectivity index (χ3n) is 5.14. The van der Waals surface area contributed by atoms with Crippen molar-refractivity contribution in [3.05, 3.63) is 53.4 Å². The molecular formula is C19H25N5O2. The maximum Gasteiger partial charge on any atom is 0.241 e. The van der Waals surface area contributed by atoms with Crippen molar-refractivity contribution in [1.82, 2.24) is 25.8 Å². The molecule has 7 nitrogen and oxygen atoms in total. The lowest BCUT2D eigenvalue weighted by atomic mass is 10.0.